The van der Waals surface area contributed by atoms with E-state index in [0.29, 0.717) is 6.04 Å². The predicted octanol–water partition coefficient (Wildman–Crippen LogP) is 1.84. The van der Waals surface area contributed by atoms with E-state index in [4.69, 9.17) is 0 Å². The summed E-state index contributed by atoms with van der Waals surface area (Å²) in [7, 11) is 0. The number of carbonyl (C=O) groups excluding carboxylic acids is 1. The van der Waals surface area contributed by atoms with Crippen LogP contribution in [0.2, 0.25) is 0 Å². The lowest BCUT2D eigenvalue weighted by atomic mass is 10.0. The minimum absolute atomic E-state index is 0.371. The van der Waals surface area contributed by atoms with Crippen LogP contribution in [-0.2, 0) is 4.79 Å². The summed E-state index contributed by atoms with van der Waals surface area (Å²) >= 11 is 0. The van der Waals surface area contributed by atoms with Crippen molar-refractivity contribution in [1.29, 1.82) is 0 Å². The van der Waals surface area contributed by atoms with Crippen LogP contribution in [0.4, 0.5) is 0 Å². The van der Waals surface area contributed by atoms with E-state index in [-0.39, 0.29) is 0 Å². The molecule has 1 aliphatic carbocycles. The molecule has 0 aromatic heterocycles. The van der Waals surface area contributed by atoms with E-state index < -0.39 is 0 Å². The Kier molecular flexibility index (Phi) is 1.75. The molecule has 2 nitrogen and oxygen atoms in total. The quantitative estimate of drug-likeness (QED) is 0.540. The average Bonchev–Trinajstić information content (AvgIpc) is 2.40. The van der Waals surface area contributed by atoms with Gasteiger partial charge in [-0.25, -0.2) is 0 Å². The molecule has 0 N–H and O–H groups in total. The van der Waals surface area contributed by atoms with Crippen molar-refractivity contribution in [2.75, 3.05) is 0 Å². The molecule has 2 rings (SSSR count). The summed E-state index contributed by atoms with van der Waals surface area (Å²) in [5.74, 6) is 0. The minimum atomic E-state index is 0.371. The van der Waals surface area contributed by atoms with Gasteiger partial charge in [-0.3, -0.25) is 4.79 Å². The van der Waals surface area contributed by atoms with Gasteiger partial charge in [-0.1, -0.05) is 6.08 Å². The fourth-order valence-corrected chi connectivity index (χ4v) is 2.03. The zero-order valence-electron chi connectivity index (χ0n) is 7.29. The number of hydrogen-bond acceptors (Lipinski definition) is 1. The molecular weight excluding hydrogens is 150 g/mol. The number of amides is 1. The van der Waals surface area contributed by atoms with Crippen molar-refractivity contribution in [2.45, 2.75) is 32.2 Å². The summed E-state index contributed by atoms with van der Waals surface area (Å²) in [6, 6.07) is 0.371. The van der Waals surface area contributed by atoms with E-state index in [9.17, 15) is 4.79 Å². The Hall–Kier alpha value is -1.05. The highest BCUT2D eigenvalue weighted by molar-refractivity contribution is 5.57. The van der Waals surface area contributed by atoms with E-state index in [1.165, 1.54) is 5.57 Å². The van der Waals surface area contributed by atoms with Crippen molar-refractivity contribution in [1.82, 2.24) is 4.90 Å². The number of allylic oxidation sites excluding steroid dienone is 2. The van der Waals surface area contributed by atoms with Gasteiger partial charge in [0.2, 0.25) is 6.41 Å². The lowest BCUT2D eigenvalue weighted by Gasteiger charge is -2.18. The summed E-state index contributed by atoms with van der Waals surface area (Å²) < 4.78 is 0. The SMILES string of the molecule is C[C@@H]1CC2=C(C=CCC2)N1C=O. The smallest absolute Gasteiger partial charge is 0.214 e. The largest absolute Gasteiger partial charge is 0.312 e. The van der Waals surface area contributed by atoms with Gasteiger partial charge in [0.1, 0.15) is 0 Å². The molecule has 0 fully saturated rings. The van der Waals surface area contributed by atoms with Crippen LogP contribution in [0.3, 0.4) is 0 Å². The average molecular weight is 163 g/mol. The third-order valence-corrected chi connectivity index (χ3v) is 2.66. The Bertz CT molecular complexity index is 265. The molecule has 0 saturated carbocycles. The Morgan fingerprint density at radius 2 is 2.50 bits per heavy atom. The van der Waals surface area contributed by atoms with E-state index in [1.807, 2.05) is 4.90 Å². The summed E-state index contributed by atoms with van der Waals surface area (Å²) in [4.78, 5) is 12.6. The van der Waals surface area contributed by atoms with Gasteiger partial charge >= 0.3 is 0 Å². The van der Waals surface area contributed by atoms with Gasteiger partial charge in [-0.15, -0.1) is 0 Å². The zero-order valence-corrected chi connectivity index (χ0v) is 7.29. The third kappa shape index (κ3) is 0.986. The first-order valence-electron chi connectivity index (χ1n) is 4.45. The molecule has 0 spiro atoms. The van der Waals surface area contributed by atoms with Gasteiger partial charge in [0.15, 0.2) is 0 Å². The van der Waals surface area contributed by atoms with Gasteiger partial charge in [-0.2, -0.15) is 0 Å². The van der Waals surface area contributed by atoms with Crippen molar-refractivity contribution in [3.8, 4) is 0 Å². The Balaban J connectivity index is 2.31. The van der Waals surface area contributed by atoms with Crippen LogP contribution in [0.25, 0.3) is 0 Å². The highest BCUT2D eigenvalue weighted by Gasteiger charge is 2.27. The summed E-state index contributed by atoms with van der Waals surface area (Å²) in [6.45, 7) is 2.10. The van der Waals surface area contributed by atoms with Crippen LogP contribution in [-0.4, -0.2) is 17.4 Å². The van der Waals surface area contributed by atoms with Gasteiger partial charge in [0.05, 0.1) is 0 Å². The second-order valence-electron chi connectivity index (χ2n) is 3.50. The minimum Gasteiger partial charge on any atom is -0.312 e. The molecule has 64 valence electrons. The Morgan fingerprint density at radius 3 is 3.25 bits per heavy atom. The molecule has 0 aromatic carbocycles. The van der Waals surface area contributed by atoms with Crippen molar-refractivity contribution >= 4 is 6.41 Å². The summed E-state index contributed by atoms with van der Waals surface area (Å²) in [6.07, 6.45) is 8.52. The van der Waals surface area contributed by atoms with Gasteiger partial charge in [-0.05, 0) is 37.8 Å². The molecule has 12 heavy (non-hydrogen) atoms. The van der Waals surface area contributed by atoms with Crippen LogP contribution in [0.1, 0.15) is 26.2 Å². The predicted molar refractivity (Wildman–Crippen MR) is 47.4 cm³/mol. The third-order valence-electron chi connectivity index (χ3n) is 2.66. The molecule has 0 radical (unpaired) electrons. The molecule has 1 amide bonds. The first-order valence-corrected chi connectivity index (χ1v) is 4.45. The molecule has 0 saturated heterocycles. The highest BCUT2D eigenvalue weighted by Crippen LogP contribution is 2.33. The van der Waals surface area contributed by atoms with Crippen molar-refractivity contribution in [3.63, 3.8) is 0 Å². The number of hydrogen-bond donors (Lipinski definition) is 0. The van der Waals surface area contributed by atoms with Crippen LogP contribution >= 0.6 is 0 Å². The number of nitrogens with zero attached hydrogens (tertiary/aromatic N) is 1. The molecule has 2 aliphatic rings. The molecule has 2 heteroatoms. The van der Waals surface area contributed by atoms with E-state index in [2.05, 4.69) is 19.1 Å². The van der Waals surface area contributed by atoms with Crippen molar-refractivity contribution in [3.05, 3.63) is 23.4 Å². The maximum Gasteiger partial charge on any atom is 0.214 e. The summed E-state index contributed by atoms with van der Waals surface area (Å²) in [5, 5.41) is 0. The second kappa shape index (κ2) is 2.77. The standard InChI is InChI=1S/C10H13NO/c1-8-6-9-4-2-3-5-10(9)11(8)7-12/h3,5,7-8H,2,4,6H2,1H3/t8-/m1/s1. The van der Waals surface area contributed by atoms with E-state index in [0.717, 1.165) is 31.4 Å². The van der Waals surface area contributed by atoms with Gasteiger partial charge in [0, 0.05) is 11.7 Å². The molecule has 0 unspecified atom stereocenters. The first kappa shape index (κ1) is 7.59. The van der Waals surface area contributed by atoms with Crippen molar-refractivity contribution < 1.29 is 4.79 Å². The lowest BCUT2D eigenvalue weighted by Crippen LogP contribution is -2.24. The molecule has 0 aromatic rings. The maximum absolute atomic E-state index is 10.7. The van der Waals surface area contributed by atoms with Crippen LogP contribution < -0.4 is 0 Å². The fraction of sp³-hybridized carbons (Fsp3) is 0.500. The monoisotopic (exact) mass is 163 g/mol. The summed E-state index contributed by atoms with van der Waals surface area (Å²) in [5.41, 5.74) is 2.61. The normalized spacial score (nSPS) is 27.8. The Labute approximate surface area is 72.6 Å². The number of carbonyl (C=O) groups is 1. The molecule has 1 heterocycles. The van der Waals surface area contributed by atoms with Crippen molar-refractivity contribution in [2.24, 2.45) is 0 Å². The lowest BCUT2D eigenvalue weighted by molar-refractivity contribution is -0.117. The van der Waals surface area contributed by atoms with Crippen LogP contribution in [0.15, 0.2) is 23.4 Å². The number of rotatable bonds is 1. The second-order valence-corrected chi connectivity index (χ2v) is 3.50. The van der Waals surface area contributed by atoms with E-state index >= 15 is 0 Å². The molecule has 1 atom stereocenters. The topological polar surface area (TPSA) is 20.3 Å². The molecule has 0 bridgehead atoms. The van der Waals surface area contributed by atoms with Gasteiger partial charge < -0.3 is 4.90 Å². The first-order chi connectivity index (χ1) is 5.83. The van der Waals surface area contributed by atoms with Gasteiger partial charge in [0.25, 0.3) is 0 Å². The van der Waals surface area contributed by atoms with Crippen LogP contribution in [0.5, 0.6) is 0 Å². The highest BCUT2D eigenvalue weighted by atomic mass is 16.1. The van der Waals surface area contributed by atoms with Crippen LogP contribution in [0, 0.1) is 0 Å². The fourth-order valence-electron chi connectivity index (χ4n) is 2.03. The van der Waals surface area contributed by atoms with E-state index in [1.54, 1.807) is 0 Å². The zero-order chi connectivity index (χ0) is 8.55. The molecule has 1 aliphatic heterocycles. The maximum atomic E-state index is 10.7. The molecular formula is C10H13NO. The Morgan fingerprint density at radius 1 is 1.67 bits per heavy atom.